The zero-order chi connectivity index (χ0) is 9.80. The smallest absolute Gasteiger partial charge is 0.0717 e. The summed E-state index contributed by atoms with van der Waals surface area (Å²) >= 11 is 0. The average molecular weight is 184 g/mol. The van der Waals surface area contributed by atoms with Crippen LogP contribution in [0.1, 0.15) is 12.6 Å². The molecule has 2 heteroatoms. The van der Waals surface area contributed by atoms with Gasteiger partial charge in [0.05, 0.1) is 5.69 Å². The summed E-state index contributed by atoms with van der Waals surface area (Å²) in [6.07, 6.45) is 4.65. The molecule has 0 unspecified atom stereocenters. The zero-order valence-electron chi connectivity index (χ0n) is 8.14. The number of rotatable bonds is 2. The molecule has 0 aliphatic heterocycles. The van der Waals surface area contributed by atoms with Crippen molar-refractivity contribution in [2.75, 3.05) is 0 Å². The van der Waals surface area contributed by atoms with Crippen LogP contribution < -0.4 is 0 Å². The molecule has 14 heavy (non-hydrogen) atoms. The van der Waals surface area contributed by atoms with E-state index in [4.69, 9.17) is 0 Å². The lowest BCUT2D eigenvalue weighted by molar-refractivity contribution is 1.04. The van der Waals surface area contributed by atoms with Gasteiger partial charge in [-0.3, -0.25) is 9.97 Å². The van der Waals surface area contributed by atoms with Crippen molar-refractivity contribution in [1.82, 2.24) is 9.97 Å². The average Bonchev–Trinajstić information content (AvgIpc) is 2.30. The normalized spacial score (nSPS) is 10.1. The zero-order valence-corrected chi connectivity index (χ0v) is 8.14. The van der Waals surface area contributed by atoms with E-state index < -0.39 is 0 Å². The highest BCUT2D eigenvalue weighted by atomic mass is 14.7. The minimum Gasteiger partial charge on any atom is -0.261 e. The van der Waals surface area contributed by atoms with Crippen LogP contribution in [0.3, 0.4) is 0 Å². The molecule has 2 heterocycles. The second kappa shape index (κ2) is 4.01. The van der Waals surface area contributed by atoms with E-state index in [-0.39, 0.29) is 0 Å². The number of aryl methyl sites for hydroxylation is 1. The van der Waals surface area contributed by atoms with Crippen molar-refractivity contribution >= 4 is 0 Å². The molecule has 2 rings (SSSR count). The minimum absolute atomic E-state index is 0.975. The molecule has 2 aromatic rings. The molecule has 0 aromatic carbocycles. The molecule has 2 aromatic heterocycles. The summed E-state index contributed by atoms with van der Waals surface area (Å²) < 4.78 is 0. The van der Waals surface area contributed by atoms with Crippen LogP contribution in [0, 0.1) is 0 Å². The molecular formula is C12H12N2. The molecule has 0 aliphatic rings. The summed E-state index contributed by atoms with van der Waals surface area (Å²) in [6, 6.07) is 9.99. The first-order valence-electron chi connectivity index (χ1n) is 4.76. The Morgan fingerprint density at radius 2 is 2.00 bits per heavy atom. The number of pyridine rings is 2. The number of aromatic nitrogens is 2. The Labute approximate surface area is 83.7 Å². The molecule has 0 fully saturated rings. The lowest BCUT2D eigenvalue weighted by Gasteiger charge is -2.00. The molecule has 0 atom stereocenters. The Bertz CT molecular complexity index is 392. The second-order valence-corrected chi connectivity index (χ2v) is 3.11. The third-order valence-corrected chi connectivity index (χ3v) is 2.15. The van der Waals surface area contributed by atoms with Gasteiger partial charge in [0.25, 0.3) is 0 Å². The first kappa shape index (κ1) is 8.88. The van der Waals surface area contributed by atoms with Crippen LogP contribution >= 0.6 is 0 Å². The SMILES string of the molecule is CCc1ccc(-c2ccccn2)cn1. The molecule has 0 saturated heterocycles. The van der Waals surface area contributed by atoms with E-state index >= 15 is 0 Å². The van der Waals surface area contributed by atoms with Crippen LogP contribution in [0.2, 0.25) is 0 Å². The number of hydrogen-bond donors (Lipinski definition) is 0. The van der Waals surface area contributed by atoms with E-state index in [0.717, 1.165) is 23.4 Å². The van der Waals surface area contributed by atoms with Gasteiger partial charge < -0.3 is 0 Å². The third-order valence-electron chi connectivity index (χ3n) is 2.15. The molecule has 0 bridgehead atoms. The van der Waals surface area contributed by atoms with Crippen LogP contribution in [-0.2, 0) is 6.42 Å². The van der Waals surface area contributed by atoms with Gasteiger partial charge in [-0.05, 0) is 30.7 Å². The van der Waals surface area contributed by atoms with Crippen molar-refractivity contribution in [3.05, 3.63) is 48.4 Å². The molecule has 2 nitrogen and oxygen atoms in total. The van der Waals surface area contributed by atoms with Gasteiger partial charge in [-0.25, -0.2) is 0 Å². The maximum absolute atomic E-state index is 4.33. The van der Waals surface area contributed by atoms with E-state index in [9.17, 15) is 0 Å². The van der Waals surface area contributed by atoms with Crippen molar-refractivity contribution in [2.45, 2.75) is 13.3 Å². The quantitative estimate of drug-likeness (QED) is 0.717. The fourth-order valence-electron chi connectivity index (χ4n) is 1.32. The van der Waals surface area contributed by atoms with Gasteiger partial charge >= 0.3 is 0 Å². The first-order chi connectivity index (χ1) is 6.90. The van der Waals surface area contributed by atoms with E-state index in [1.807, 2.05) is 30.5 Å². The van der Waals surface area contributed by atoms with E-state index in [0.29, 0.717) is 0 Å². The van der Waals surface area contributed by atoms with Gasteiger partial charge in [0, 0.05) is 23.7 Å². The Hall–Kier alpha value is -1.70. The maximum atomic E-state index is 4.33. The molecule has 70 valence electrons. The summed E-state index contributed by atoms with van der Waals surface area (Å²) in [4.78, 5) is 8.60. The molecule has 0 saturated carbocycles. The lowest BCUT2D eigenvalue weighted by atomic mass is 10.1. The number of nitrogens with zero attached hydrogens (tertiary/aromatic N) is 2. The fraction of sp³-hybridized carbons (Fsp3) is 0.167. The second-order valence-electron chi connectivity index (χ2n) is 3.11. The topological polar surface area (TPSA) is 25.8 Å². The summed E-state index contributed by atoms with van der Waals surface area (Å²) in [5.41, 5.74) is 3.16. The highest BCUT2D eigenvalue weighted by Gasteiger charge is 1.97. The molecule has 0 aliphatic carbocycles. The van der Waals surface area contributed by atoms with E-state index in [1.165, 1.54) is 0 Å². The standard InChI is InChI=1S/C12H12N2/c1-2-11-7-6-10(9-14-11)12-5-3-4-8-13-12/h3-9H,2H2,1H3. The predicted octanol–water partition coefficient (Wildman–Crippen LogP) is 2.71. The van der Waals surface area contributed by atoms with Crippen molar-refractivity contribution in [2.24, 2.45) is 0 Å². The van der Waals surface area contributed by atoms with E-state index in [1.54, 1.807) is 6.20 Å². The molecule has 0 amide bonds. The van der Waals surface area contributed by atoms with Crippen molar-refractivity contribution < 1.29 is 0 Å². The molecule has 0 radical (unpaired) electrons. The van der Waals surface area contributed by atoms with Crippen LogP contribution in [-0.4, -0.2) is 9.97 Å². The largest absolute Gasteiger partial charge is 0.261 e. The molecule has 0 N–H and O–H groups in total. The van der Waals surface area contributed by atoms with Crippen molar-refractivity contribution in [1.29, 1.82) is 0 Å². The van der Waals surface area contributed by atoms with Gasteiger partial charge in [0.1, 0.15) is 0 Å². The van der Waals surface area contributed by atoms with E-state index in [2.05, 4.69) is 23.0 Å². The molecular weight excluding hydrogens is 172 g/mol. The van der Waals surface area contributed by atoms with Gasteiger partial charge in [-0.1, -0.05) is 13.0 Å². The van der Waals surface area contributed by atoms with Crippen LogP contribution in [0.5, 0.6) is 0 Å². The Morgan fingerprint density at radius 3 is 2.57 bits per heavy atom. The van der Waals surface area contributed by atoms with Crippen LogP contribution in [0.25, 0.3) is 11.3 Å². The monoisotopic (exact) mass is 184 g/mol. The van der Waals surface area contributed by atoms with Crippen LogP contribution in [0.15, 0.2) is 42.7 Å². The van der Waals surface area contributed by atoms with Gasteiger partial charge in [-0.2, -0.15) is 0 Å². The fourth-order valence-corrected chi connectivity index (χ4v) is 1.32. The Kier molecular flexibility index (Phi) is 2.54. The predicted molar refractivity (Wildman–Crippen MR) is 56.8 cm³/mol. The maximum Gasteiger partial charge on any atom is 0.0717 e. The Balaban J connectivity index is 2.34. The summed E-state index contributed by atoms with van der Waals surface area (Å²) in [5, 5.41) is 0. The first-order valence-corrected chi connectivity index (χ1v) is 4.76. The Morgan fingerprint density at radius 1 is 1.07 bits per heavy atom. The summed E-state index contributed by atoms with van der Waals surface area (Å²) in [6.45, 7) is 2.10. The van der Waals surface area contributed by atoms with Crippen LogP contribution in [0.4, 0.5) is 0 Å². The highest BCUT2D eigenvalue weighted by Crippen LogP contribution is 2.14. The van der Waals surface area contributed by atoms with Crippen molar-refractivity contribution in [3.63, 3.8) is 0 Å². The minimum atomic E-state index is 0.975. The van der Waals surface area contributed by atoms with Gasteiger partial charge in [0.2, 0.25) is 0 Å². The van der Waals surface area contributed by atoms with Crippen molar-refractivity contribution in [3.8, 4) is 11.3 Å². The van der Waals surface area contributed by atoms with Gasteiger partial charge in [-0.15, -0.1) is 0 Å². The number of hydrogen-bond acceptors (Lipinski definition) is 2. The highest BCUT2D eigenvalue weighted by molar-refractivity contribution is 5.57. The molecule has 0 spiro atoms. The van der Waals surface area contributed by atoms with Gasteiger partial charge in [0.15, 0.2) is 0 Å². The summed E-state index contributed by atoms with van der Waals surface area (Å²) in [7, 11) is 0. The summed E-state index contributed by atoms with van der Waals surface area (Å²) in [5.74, 6) is 0. The third kappa shape index (κ3) is 1.79. The lowest BCUT2D eigenvalue weighted by Crippen LogP contribution is -1.88.